The molecular formula is C14H15NOS. The maximum absolute atomic E-state index is 9.18. The Labute approximate surface area is 105 Å². The van der Waals surface area contributed by atoms with Crippen molar-refractivity contribution in [1.29, 1.82) is 0 Å². The van der Waals surface area contributed by atoms with Crippen LogP contribution in [0.2, 0.25) is 0 Å². The van der Waals surface area contributed by atoms with E-state index in [1.807, 2.05) is 42.5 Å². The summed E-state index contributed by atoms with van der Waals surface area (Å²) in [6.07, 6.45) is 0. The number of hydrogen-bond acceptors (Lipinski definition) is 3. The first-order valence-corrected chi connectivity index (χ1v) is 6.46. The lowest BCUT2D eigenvalue weighted by Crippen LogP contribution is -2.12. The van der Waals surface area contributed by atoms with Crippen molar-refractivity contribution >= 4 is 11.8 Å². The van der Waals surface area contributed by atoms with E-state index in [2.05, 4.69) is 0 Å². The van der Waals surface area contributed by atoms with Gasteiger partial charge in [0.1, 0.15) is 5.75 Å². The average molecular weight is 245 g/mol. The fourth-order valence-electron chi connectivity index (χ4n) is 1.52. The Morgan fingerprint density at radius 3 is 2.29 bits per heavy atom. The summed E-state index contributed by atoms with van der Waals surface area (Å²) in [4.78, 5) is 1.12. The van der Waals surface area contributed by atoms with Crippen molar-refractivity contribution in [2.45, 2.75) is 10.9 Å². The lowest BCUT2D eigenvalue weighted by atomic mass is 10.1. The van der Waals surface area contributed by atoms with Crippen LogP contribution in [0.3, 0.4) is 0 Å². The third kappa shape index (κ3) is 3.51. The molecule has 88 valence electrons. The topological polar surface area (TPSA) is 46.2 Å². The monoisotopic (exact) mass is 245 g/mol. The zero-order chi connectivity index (χ0) is 12.1. The normalized spacial score (nSPS) is 12.3. The summed E-state index contributed by atoms with van der Waals surface area (Å²) in [5.74, 6) is 1.12. The third-order valence-corrected chi connectivity index (χ3v) is 3.63. The highest BCUT2D eigenvalue weighted by atomic mass is 32.2. The highest BCUT2D eigenvalue weighted by Gasteiger charge is 2.05. The van der Waals surface area contributed by atoms with E-state index < -0.39 is 0 Å². The van der Waals surface area contributed by atoms with Crippen molar-refractivity contribution < 1.29 is 5.11 Å². The predicted octanol–water partition coefficient (Wildman–Crippen LogP) is 3.18. The smallest absolute Gasteiger partial charge is 0.115 e. The van der Waals surface area contributed by atoms with Crippen LogP contribution in [0.15, 0.2) is 59.5 Å². The largest absolute Gasteiger partial charge is 0.508 e. The first kappa shape index (κ1) is 12.0. The Morgan fingerprint density at radius 2 is 1.65 bits per heavy atom. The minimum Gasteiger partial charge on any atom is -0.508 e. The Balaban J connectivity index is 1.92. The fourth-order valence-corrected chi connectivity index (χ4v) is 2.42. The lowest BCUT2D eigenvalue weighted by molar-refractivity contribution is 0.475. The van der Waals surface area contributed by atoms with E-state index in [4.69, 9.17) is 5.73 Å². The van der Waals surface area contributed by atoms with E-state index in [1.165, 1.54) is 0 Å². The Hall–Kier alpha value is -1.45. The highest BCUT2D eigenvalue weighted by Crippen LogP contribution is 2.24. The maximum Gasteiger partial charge on any atom is 0.115 e. The molecule has 0 aliphatic heterocycles. The van der Waals surface area contributed by atoms with Gasteiger partial charge in [0.15, 0.2) is 0 Å². The molecule has 1 unspecified atom stereocenters. The van der Waals surface area contributed by atoms with Crippen LogP contribution >= 0.6 is 11.8 Å². The first-order chi connectivity index (χ1) is 8.25. The van der Waals surface area contributed by atoms with Crippen LogP contribution in [-0.2, 0) is 0 Å². The Kier molecular flexibility index (Phi) is 4.07. The molecule has 0 spiro atoms. The van der Waals surface area contributed by atoms with Gasteiger partial charge in [-0.05, 0) is 29.8 Å². The van der Waals surface area contributed by atoms with Crippen LogP contribution < -0.4 is 5.73 Å². The molecule has 2 rings (SSSR count). The molecule has 0 aliphatic rings. The molecule has 3 heteroatoms. The molecule has 3 N–H and O–H groups in total. The van der Waals surface area contributed by atoms with Crippen LogP contribution in [0.5, 0.6) is 5.75 Å². The number of benzene rings is 2. The molecule has 17 heavy (non-hydrogen) atoms. The molecule has 2 aromatic rings. The highest BCUT2D eigenvalue weighted by molar-refractivity contribution is 7.99. The molecule has 0 saturated carbocycles. The van der Waals surface area contributed by atoms with Gasteiger partial charge in [0.05, 0.1) is 0 Å². The van der Waals surface area contributed by atoms with E-state index >= 15 is 0 Å². The number of aromatic hydroxyl groups is 1. The SMILES string of the molecule is NC(CSc1ccc(O)cc1)c1ccccc1. The molecule has 1 atom stereocenters. The molecule has 0 bridgehead atoms. The van der Waals surface area contributed by atoms with Crippen molar-refractivity contribution in [3.8, 4) is 5.75 Å². The van der Waals surface area contributed by atoms with Crippen LogP contribution in [0.1, 0.15) is 11.6 Å². The van der Waals surface area contributed by atoms with Crippen LogP contribution in [-0.4, -0.2) is 10.9 Å². The van der Waals surface area contributed by atoms with Gasteiger partial charge in [0.2, 0.25) is 0 Å². The second-order valence-electron chi connectivity index (χ2n) is 3.82. The molecule has 0 saturated heterocycles. The first-order valence-electron chi connectivity index (χ1n) is 5.48. The fraction of sp³-hybridized carbons (Fsp3) is 0.143. The van der Waals surface area contributed by atoms with Gasteiger partial charge in [-0.1, -0.05) is 30.3 Å². The predicted molar refractivity (Wildman–Crippen MR) is 72.2 cm³/mol. The minimum atomic E-state index is 0.0370. The van der Waals surface area contributed by atoms with Gasteiger partial charge >= 0.3 is 0 Å². The zero-order valence-electron chi connectivity index (χ0n) is 9.41. The van der Waals surface area contributed by atoms with E-state index in [0.29, 0.717) is 5.75 Å². The van der Waals surface area contributed by atoms with Gasteiger partial charge in [0, 0.05) is 16.7 Å². The summed E-state index contributed by atoms with van der Waals surface area (Å²) in [6, 6.07) is 17.3. The van der Waals surface area contributed by atoms with Gasteiger partial charge in [0.25, 0.3) is 0 Å². The van der Waals surface area contributed by atoms with Gasteiger partial charge in [-0.15, -0.1) is 11.8 Å². The van der Waals surface area contributed by atoms with Crippen molar-refractivity contribution in [3.63, 3.8) is 0 Å². The van der Waals surface area contributed by atoms with Crippen LogP contribution in [0, 0.1) is 0 Å². The summed E-state index contributed by atoms with van der Waals surface area (Å²) >= 11 is 1.70. The molecule has 0 heterocycles. The number of hydrogen-bond donors (Lipinski definition) is 2. The number of nitrogens with two attached hydrogens (primary N) is 1. The van der Waals surface area contributed by atoms with Crippen molar-refractivity contribution in [3.05, 3.63) is 60.2 Å². The van der Waals surface area contributed by atoms with Gasteiger partial charge in [-0.2, -0.15) is 0 Å². The molecule has 2 nitrogen and oxygen atoms in total. The van der Waals surface area contributed by atoms with Crippen molar-refractivity contribution in [2.24, 2.45) is 5.73 Å². The average Bonchev–Trinajstić information content (AvgIpc) is 2.39. The molecule has 0 radical (unpaired) electrons. The summed E-state index contributed by atoms with van der Waals surface area (Å²) in [7, 11) is 0. The second-order valence-corrected chi connectivity index (χ2v) is 4.92. The number of rotatable bonds is 4. The van der Waals surface area contributed by atoms with Crippen LogP contribution in [0.4, 0.5) is 0 Å². The third-order valence-electron chi connectivity index (χ3n) is 2.49. The van der Waals surface area contributed by atoms with Crippen molar-refractivity contribution in [2.75, 3.05) is 5.75 Å². The van der Waals surface area contributed by atoms with E-state index in [-0.39, 0.29) is 6.04 Å². The summed E-state index contributed by atoms with van der Waals surface area (Å²) in [5, 5.41) is 9.18. The van der Waals surface area contributed by atoms with Crippen LogP contribution in [0.25, 0.3) is 0 Å². The molecule has 0 fully saturated rings. The van der Waals surface area contributed by atoms with E-state index in [0.717, 1.165) is 16.2 Å². The molecule has 0 amide bonds. The standard InChI is InChI=1S/C14H15NOS/c15-14(11-4-2-1-3-5-11)10-17-13-8-6-12(16)7-9-13/h1-9,14,16H,10,15H2. The van der Waals surface area contributed by atoms with Gasteiger partial charge < -0.3 is 10.8 Å². The summed E-state index contributed by atoms with van der Waals surface area (Å²) < 4.78 is 0. The van der Waals surface area contributed by atoms with Gasteiger partial charge in [-0.3, -0.25) is 0 Å². The lowest BCUT2D eigenvalue weighted by Gasteiger charge is -2.11. The number of phenolic OH excluding ortho intramolecular Hbond substituents is 1. The minimum absolute atomic E-state index is 0.0370. The number of phenols is 1. The maximum atomic E-state index is 9.18. The zero-order valence-corrected chi connectivity index (χ0v) is 10.2. The summed E-state index contributed by atoms with van der Waals surface area (Å²) in [5.41, 5.74) is 7.25. The number of thioether (sulfide) groups is 1. The Bertz CT molecular complexity index is 455. The van der Waals surface area contributed by atoms with Gasteiger partial charge in [-0.25, -0.2) is 0 Å². The quantitative estimate of drug-likeness (QED) is 0.813. The molecular weight excluding hydrogens is 230 g/mol. The summed E-state index contributed by atoms with van der Waals surface area (Å²) in [6.45, 7) is 0. The molecule has 0 aromatic heterocycles. The van der Waals surface area contributed by atoms with Crippen molar-refractivity contribution in [1.82, 2.24) is 0 Å². The Morgan fingerprint density at radius 1 is 1.00 bits per heavy atom. The molecule has 2 aromatic carbocycles. The molecule has 0 aliphatic carbocycles. The van der Waals surface area contributed by atoms with E-state index in [1.54, 1.807) is 23.9 Å². The van der Waals surface area contributed by atoms with E-state index in [9.17, 15) is 5.11 Å². The second kappa shape index (κ2) is 5.75.